The maximum absolute atomic E-state index is 13.6. The Morgan fingerprint density at radius 3 is 2.44 bits per heavy atom. The number of halogens is 2. The number of carbonyl (C=O) groups is 1. The summed E-state index contributed by atoms with van der Waals surface area (Å²) in [5, 5.41) is 3.52. The molecular formula is C14H11ClFNO. The van der Waals surface area contributed by atoms with E-state index in [9.17, 15) is 9.18 Å². The molecule has 0 heterocycles. The van der Waals surface area contributed by atoms with E-state index in [1.54, 1.807) is 24.3 Å². The molecule has 0 radical (unpaired) electrons. The van der Waals surface area contributed by atoms with Crippen LogP contribution in [0, 0.1) is 5.82 Å². The average Bonchev–Trinajstić information content (AvgIpc) is 2.34. The summed E-state index contributed by atoms with van der Waals surface area (Å²) in [7, 11) is 0. The van der Waals surface area contributed by atoms with Crippen LogP contribution in [0.3, 0.4) is 0 Å². The van der Waals surface area contributed by atoms with Gasteiger partial charge in [0.25, 0.3) is 0 Å². The fourth-order valence-electron chi connectivity index (χ4n) is 1.53. The van der Waals surface area contributed by atoms with Crippen LogP contribution in [0.1, 0.15) is 17.3 Å². The van der Waals surface area contributed by atoms with Crippen molar-refractivity contribution in [3.05, 3.63) is 58.9 Å². The van der Waals surface area contributed by atoms with Crippen LogP contribution in [0.5, 0.6) is 0 Å². The van der Waals surface area contributed by atoms with Crippen molar-refractivity contribution in [2.24, 2.45) is 0 Å². The van der Waals surface area contributed by atoms with E-state index in [2.05, 4.69) is 5.32 Å². The first-order valence-electron chi connectivity index (χ1n) is 5.39. The Hall–Kier alpha value is -1.87. The van der Waals surface area contributed by atoms with Gasteiger partial charge in [0.1, 0.15) is 5.82 Å². The van der Waals surface area contributed by atoms with Crippen molar-refractivity contribution in [1.82, 2.24) is 0 Å². The molecule has 0 spiro atoms. The van der Waals surface area contributed by atoms with Gasteiger partial charge in [0.2, 0.25) is 0 Å². The van der Waals surface area contributed by atoms with Gasteiger partial charge in [-0.25, -0.2) is 4.39 Å². The summed E-state index contributed by atoms with van der Waals surface area (Å²) < 4.78 is 13.6. The number of rotatable bonds is 3. The first kappa shape index (κ1) is 12.6. The molecule has 0 bridgehead atoms. The second-order valence-electron chi connectivity index (χ2n) is 3.88. The van der Waals surface area contributed by atoms with Gasteiger partial charge in [0.05, 0.1) is 5.69 Å². The van der Waals surface area contributed by atoms with E-state index in [1.807, 2.05) is 0 Å². The van der Waals surface area contributed by atoms with Crippen molar-refractivity contribution in [1.29, 1.82) is 0 Å². The molecule has 92 valence electrons. The second-order valence-corrected chi connectivity index (χ2v) is 4.32. The number of nitrogens with one attached hydrogen (secondary N) is 1. The molecule has 0 aromatic heterocycles. The summed E-state index contributed by atoms with van der Waals surface area (Å²) in [5.41, 5.74) is 1.44. The first-order valence-corrected chi connectivity index (χ1v) is 5.77. The summed E-state index contributed by atoms with van der Waals surface area (Å²) in [6, 6.07) is 11.1. The smallest absolute Gasteiger partial charge is 0.159 e. The van der Waals surface area contributed by atoms with Crippen molar-refractivity contribution >= 4 is 28.8 Å². The highest BCUT2D eigenvalue weighted by atomic mass is 35.5. The van der Waals surface area contributed by atoms with E-state index in [-0.39, 0.29) is 11.5 Å². The van der Waals surface area contributed by atoms with Gasteiger partial charge in [-0.3, -0.25) is 4.79 Å². The lowest BCUT2D eigenvalue weighted by Crippen LogP contribution is -1.98. The lowest BCUT2D eigenvalue weighted by atomic mass is 10.1. The number of hydrogen-bond donors (Lipinski definition) is 1. The topological polar surface area (TPSA) is 29.1 Å². The zero-order chi connectivity index (χ0) is 13.1. The second kappa shape index (κ2) is 5.19. The standard InChI is InChI=1S/C14H11ClFNO/c1-9(18)10-2-7-13(16)14(8-10)17-12-5-3-11(15)4-6-12/h2-8,17H,1H3. The van der Waals surface area contributed by atoms with Crippen LogP contribution in [0.15, 0.2) is 42.5 Å². The Balaban J connectivity index is 2.30. The summed E-state index contributed by atoms with van der Waals surface area (Å²) in [5.74, 6) is -0.510. The van der Waals surface area contributed by atoms with Gasteiger partial charge in [-0.15, -0.1) is 0 Å². The van der Waals surface area contributed by atoms with Crippen molar-refractivity contribution in [3.8, 4) is 0 Å². The predicted molar refractivity (Wildman–Crippen MR) is 71.1 cm³/mol. The Morgan fingerprint density at radius 2 is 1.83 bits per heavy atom. The molecule has 2 rings (SSSR count). The first-order chi connectivity index (χ1) is 8.56. The van der Waals surface area contributed by atoms with Crippen LogP contribution < -0.4 is 5.32 Å². The van der Waals surface area contributed by atoms with Crippen LogP contribution in [0.2, 0.25) is 5.02 Å². The Kier molecular flexibility index (Phi) is 3.63. The number of ketones is 1. The van der Waals surface area contributed by atoms with Crippen molar-refractivity contribution in [2.75, 3.05) is 5.32 Å². The van der Waals surface area contributed by atoms with Crippen LogP contribution in [0.4, 0.5) is 15.8 Å². The minimum atomic E-state index is -0.407. The molecule has 1 N–H and O–H groups in total. The van der Waals surface area contributed by atoms with E-state index >= 15 is 0 Å². The van der Waals surface area contributed by atoms with Gasteiger partial charge < -0.3 is 5.32 Å². The molecule has 2 aromatic carbocycles. The maximum Gasteiger partial charge on any atom is 0.159 e. The Labute approximate surface area is 109 Å². The lowest BCUT2D eigenvalue weighted by molar-refractivity contribution is 0.101. The fraction of sp³-hybridized carbons (Fsp3) is 0.0714. The molecule has 2 nitrogen and oxygen atoms in total. The van der Waals surface area contributed by atoms with Gasteiger partial charge in [0, 0.05) is 16.3 Å². The fourth-order valence-corrected chi connectivity index (χ4v) is 1.65. The van der Waals surface area contributed by atoms with Gasteiger partial charge in [-0.05, 0) is 49.4 Å². The lowest BCUT2D eigenvalue weighted by Gasteiger charge is -2.08. The number of benzene rings is 2. The van der Waals surface area contributed by atoms with E-state index < -0.39 is 5.82 Å². The molecule has 0 saturated heterocycles. The molecule has 0 aliphatic carbocycles. The Morgan fingerprint density at radius 1 is 1.17 bits per heavy atom. The number of carbonyl (C=O) groups excluding carboxylic acids is 1. The summed E-state index contributed by atoms with van der Waals surface area (Å²) in [6.07, 6.45) is 0. The van der Waals surface area contributed by atoms with Crippen LogP contribution in [-0.2, 0) is 0 Å². The van der Waals surface area contributed by atoms with E-state index in [1.165, 1.54) is 25.1 Å². The molecule has 0 atom stereocenters. The molecule has 0 aliphatic rings. The summed E-state index contributed by atoms with van der Waals surface area (Å²) >= 11 is 5.77. The monoisotopic (exact) mass is 263 g/mol. The predicted octanol–water partition coefficient (Wildman–Crippen LogP) is 4.43. The van der Waals surface area contributed by atoms with Gasteiger partial charge >= 0.3 is 0 Å². The molecule has 0 unspecified atom stereocenters. The summed E-state index contributed by atoms with van der Waals surface area (Å²) in [6.45, 7) is 1.44. The molecule has 0 fully saturated rings. The zero-order valence-electron chi connectivity index (χ0n) is 9.71. The zero-order valence-corrected chi connectivity index (χ0v) is 10.5. The van der Waals surface area contributed by atoms with Gasteiger partial charge in [0.15, 0.2) is 5.78 Å². The highest BCUT2D eigenvalue weighted by molar-refractivity contribution is 6.30. The van der Waals surface area contributed by atoms with Crippen LogP contribution in [0.25, 0.3) is 0 Å². The normalized spacial score (nSPS) is 10.2. The quantitative estimate of drug-likeness (QED) is 0.830. The van der Waals surface area contributed by atoms with Crippen LogP contribution in [-0.4, -0.2) is 5.78 Å². The molecule has 0 aliphatic heterocycles. The highest BCUT2D eigenvalue weighted by Gasteiger charge is 2.06. The minimum Gasteiger partial charge on any atom is -0.353 e. The largest absolute Gasteiger partial charge is 0.353 e. The van der Waals surface area contributed by atoms with E-state index in [0.717, 1.165) is 0 Å². The number of anilines is 2. The van der Waals surface area contributed by atoms with Crippen molar-refractivity contribution in [2.45, 2.75) is 6.92 Å². The minimum absolute atomic E-state index is 0.103. The molecular weight excluding hydrogens is 253 g/mol. The third-order valence-corrected chi connectivity index (χ3v) is 2.75. The number of hydrogen-bond acceptors (Lipinski definition) is 2. The van der Waals surface area contributed by atoms with Crippen LogP contribution >= 0.6 is 11.6 Å². The molecule has 2 aromatic rings. The van der Waals surface area contributed by atoms with Gasteiger partial charge in [-0.1, -0.05) is 11.6 Å². The Bertz CT molecular complexity index is 581. The molecule has 0 amide bonds. The van der Waals surface area contributed by atoms with Gasteiger partial charge in [-0.2, -0.15) is 0 Å². The number of Topliss-reactive ketones (excluding diaryl/α,β-unsaturated/α-hetero) is 1. The van der Waals surface area contributed by atoms with E-state index in [0.29, 0.717) is 16.3 Å². The van der Waals surface area contributed by atoms with Crippen molar-refractivity contribution in [3.63, 3.8) is 0 Å². The molecule has 18 heavy (non-hydrogen) atoms. The van der Waals surface area contributed by atoms with Crippen molar-refractivity contribution < 1.29 is 9.18 Å². The maximum atomic E-state index is 13.6. The average molecular weight is 264 g/mol. The highest BCUT2D eigenvalue weighted by Crippen LogP contribution is 2.22. The third kappa shape index (κ3) is 2.87. The van der Waals surface area contributed by atoms with E-state index in [4.69, 9.17) is 11.6 Å². The molecule has 0 saturated carbocycles. The molecule has 4 heteroatoms. The SMILES string of the molecule is CC(=O)c1ccc(F)c(Nc2ccc(Cl)cc2)c1. The third-order valence-electron chi connectivity index (χ3n) is 2.50. The summed E-state index contributed by atoms with van der Waals surface area (Å²) in [4.78, 5) is 11.2.